The van der Waals surface area contributed by atoms with E-state index in [0.29, 0.717) is 16.8 Å². The first kappa shape index (κ1) is 46.0. The predicted octanol–water partition coefficient (Wildman–Crippen LogP) is 0.825. The molecule has 4 aromatic heterocycles. The van der Waals surface area contributed by atoms with E-state index in [1.165, 1.54) is 63.2 Å². The van der Waals surface area contributed by atoms with Gasteiger partial charge in [-0.3, -0.25) is 38.4 Å². The Bertz CT molecular complexity index is 2670. The van der Waals surface area contributed by atoms with Crippen LogP contribution in [0.5, 0.6) is 0 Å². The molecule has 7 N–H and O–H groups in total. The highest BCUT2D eigenvalue weighted by Crippen LogP contribution is 2.12. The van der Waals surface area contributed by atoms with Gasteiger partial charge in [-0.25, -0.2) is 0 Å². The summed E-state index contributed by atoms with van der Waals surface area (Å²) < 4.78 is 0.986. The molecule has 0 saturated carbocycles. The summed E-state index contributed by atoms with van der Waals surface area (Å²) in [5, 5.41) is 42.8. The van der Waals surface area contributed by atoms with Crippen molar-refractivity contribution in [2.24, 2.45) is 0 Å². The molecular formula is C42H47N9O12. The number of hydrogen-bond acceptors (Lipinski definition) is 13. The quantitative estimate of drug-likeness (QED) is 0.0360. The van der Waals surface area contributed by atoms with Crippen LogP contribution >= 0.6 is 0 Å². The normalized spacial score (nSPS) is 10.9. The van der Waals surface area contributed by atoms with Crippen LogP contribution < -0.4 is 33.3 Å². The van der Waals surface area contributed by atoms with E-state index in [2.05, 4.69) is 5.32 Å². The second-order valence-corrected chi connectivity index (χ2v) is 14.3. The van der Waals surface area contributed by atoms with Crippen molar-refractivity contribution in [1.82, 2.24) is 38.9 Å². The number of nitrogen functional groups attached to an aromatic ring is 1. The molecule has 0 aliphatic rings. The van der Waals surface area contributed by atoms with Gasteiger partial charge in [0.25, 0.3) is 45.9 Å². The number of unbranched alkanes of at least 4 members (excludes halogenated alkanes) is 1. The van der Waals surface area contributed by atoms with E-state index in [4.69, 9.17) is 5.73 Å². The number of amides is 4. The Balaban J connectivity index is 1.29. The lowest BCUT2D eigenvalue weighted by Crippen LogP contribution is -2.41. The Hall–Kier alpha value is -8.10. The molecule has 63 heavy (non-hydrogen) atoms. The number of hydrogen-bond donors (Lipinski definition) is 6. The van der Waals surface area contributed by atoms with Crippen LogP contribution in [0.4, 0.5) is 5.69 Å². The lowest BCUT2D eigenvalue weighted by Gasteiger charge is -2.27. The zero-order chi connectivity index (χ0) is 45.6. The number of rotatable bonds is 20. The van der Waals surface area contributed by atoms with Crippen LogP contribution in [0, 0.1) is 0 Å². The zero-order valence-corrected chi connectivity index (χ0v) is 34.0. The van der Waals surface area contributed by atoms with Gasteiger partial charge in [-0.1, -0.05) is 24.3 Å². The molecule has 1 aromatic carbocycles. The molecule has 332 valence electrons. The van der Waals surface area contributed by atoms with Gasteiger partial charge in [0.05, 0.1) is 0 Å². The van der Waals surface area contributed by atoms with E-state index < -0.39 is 45.9 Å². The van der Waals surface area contributed by atoms with Crippen LogP contribution in [0.25, 0.3) is 0 Å². The van der Waals surface area contributed by atoms with E-state index in [1.54, 1.807) is 24.3 Å². The molecule has 21 heteroatoms. The van der Waals surface area contributed by atoms with Crippen molar-refractivity contribution in [3.8, 4) is 0 Å². The molecule has 0 unspecified atom stereocenters. The Morgan fingerprint density at radius 2 is 0.984 bits per heavy atom. The molecule has 0 fully saturated rings. The van der Waals surface area contributed by atoms with Crippen LogP contribution in [-0.4, -0.2) is 124 Å². The molecule has 0 bridgehead atoms. The molecule has 0 spiro atoms. The summed E-state index contributed by atoms with van der Waals surface area (Å²) in [7, 11) is 0. The number of pyridine rings is 4. The largest absolute Gasteiger partial charge is 0.425 e. The Morgan fingerprint density at radius 1 is 0.524 bits per heavy atom. The lowest BCUT2D eigenvalue weighted by atomic mass is 10.1. The number of nitrogens with one attached hydrogen (secondary N) is 1. The molecule has 0 saturated heterocycles. The van der Waals surface area contributed by atoms with Crippen molar-refractivity contribution in [2.45, 2.75) is 32.1 Å². The van der Waals surface area contributed by atoms with Crippen LogP contribution in [0.1, 0.15) is 72.9 Å². The van der Waals surface area contributed by atoms with Crippen LogP contribution in [0.15, 0.2) is 117 Å². The predicted molar refractivity (Wildman–Crippen MR) is 225 cm³/mol. The van der Waals surface area contributed by atoms with Crippen LogP contribution in [-0.2, 0) is 6.42 Å². The van der Waals surface area contributed by atoms with E-state index in [1.807, 2.05) is 0 Å². The second kappa shape index (κ2) is 21.4. The molecule has 21 nitrogen and oxygen atoms in total. The first-order chi connectivity index (χ1) is 30.2. The maximum atomic E-state index is 13.9. The molecular weight excluding hydrogens is 823 g/mol. The van der Waals surface area contributed by atoms with Gasteiger partial charge in [0.2, 0.25) is 0 Å². The summed E-state index contributed by atoms with van der Waals surface area (Å²) in [6, 6.07) is 19.5. The highest BCUT2D eigenvalue weighted by atomic mass is 16.5. The molecule has 0 radical (unpaired) electrons. The van der Waals surface area contributed by atoms with Crippen molar-refractivity contribution < 1.29 is 40.0 Å². The molecule has 5 rings (SSSR count). The second-order valence-electron chi connectivity index (χ2n) is 14.3. The molecule has 4 heterocycles. The Kier molecular flexibility index (Phi) is 15.6. The number of carbonyl (C=O) groups excluding carboxylic acids is 4. The standard InChI is InChI=1S/C42H47N9O12/c43-30-17-15-29(16-18-30)19-28-47(39(56)32-10-6-27-49(61)41(32)58)25-8-24-45(38(55)31-9-5-26-48(60)40(31)57)21-1-2-22-46(42(59)34-12-4-14-36(53)51(34)63)23-7-20-44-37(54)33-11-3-13-35(52)50(33)62/h3-6,9-18,26-27,60-63H,1-2,7-8,19-25,28,43H2,(H,44,54). The van der Waals surface area contributed by atoms with Gasteiger partial charge in [-0.15, -0.1) is 9.46 Å². The highest BCUT2D eigenvalue weighted by molar-refractivity contribution is 5.95. The maximum absolute atomic E-state index is 13.9. The van der Waals surface area contributed by atoms with Crippen molar-refractivity contribution in [2.75, 3.05) is 51.5 Å². The van der Waals surface area contributed by atoms with E-state index in [-0.39, 0.29) is 108 Å². The average Bonchev–Trinajstić information content (AvgIpc) is 3.27. The summed E-state index contributed by atoms with van der Waals surface area (Å²) in [6.45, 7) is 0.248. The minimum atomic E-state index is -0.964. The van der Waals surface area contributed by atoms with Crippen molar-refractivity contribution in [3.63, 3.8) is 0 Å². The van der Waals surface area contributed by atoms with Gasteiger partial charge >= 0.3 is 0 Å². The molecule has 0 atom stereocenters. The third-order valence-electron chi connectivity index (χ3n) is 9.99. The topological polar surface area (TPSA) is 285 Å². The Morgan fingerprint density at radius 3 is 1.54 bits per heavy atom. The molecule has 4 amide bonds. The number of aromatic nitrogens is 4. The zero-order valence-electron chi connectivity index (χ0n) is 34.0. The summed E-state index contributed by atoms with van der Waals surface area (Å²) in [6.07, 6.45) is 3.36. The van der Waals surface area contributed by atoms with Gasteiger partial charge in [0, 0.05) is 76.0 Å². The fourth-order valence-corrected chi connectivity index (χ4v) is 6.60. The average molecular weight is 870 g/mol. The summed E-state index contributed by atoms with van der Waals surface area (Å²) >= 11 is 0. The first-order valence-electron chi connectivity index (χ1n) is 19.8. The maximum Gasteiger partial charge on any atom is 0.295 e. The van der Waals surface area contributed by atoms with E-state index in [9.17, 15) is 59.2 Å². The fourth-order valence-electron chi connectivity index (χ4n) is 6.60. The molecule has 0 aliphatic heterocycles. The summed E-state index contributed by atoms with van der Waals surface area (Å²) in [5.74, 6) is -2.85. The van der Waals surface area contributed by atoms with Gasteiger partial charge in [0.1, 0.15) is 22.5 Å². The number of anilines is 1. The SMILES string of the molecule is Nc1ccc(CCN(CCCN(CCCCN(CCCNC(=O)c2cccc(=O)n2O)C(=O)c2cccc(=O)n2O)C(=O)c2cccn(O)c2=O)C(=O)c2cccn(O)c2=O)cc1. The van der Waals surface area contributed by atoms with Gasteiger partial charge < -0.3 is 46.6 Å². The van der Waals surface area contributed by atoms with Crippen LogP contribution in [0.2, 0.25) is 0 Å². The molecule has 0 aliphatic carbocycles. The van der Waals surface area contributed by atoms with Crippen molar-refractivity contribution in [1.29, 1.82) is 0 Å². The van der Waals surface area contributed by atoms with Crippen LogP contribution in [0.3, 0.4) is 0 Å². The Labute approximate surface area is 358 Å². The van der Waals surface area contributed by atoms with E-state index >= 15 is 0 Å². The fraction of sp³-hybridized carbons (Fsp3) is 0.286. The molecule has 5 aromatic rings. The number of nitrogens with zero attached hydrogens (tertiary/aromatic N) is 7. The third kappa shape index (κ3) is 11.8. The number of nitrogens with two attached hydrogens (primary N) is 1. The van der Waals surface area contributed by atoms with Gasteiger partial charge in [-0.05, 0) is 86.2 Å². The number of benzene rings is 1. The monoisotopic (exact) mass is 869 g/mol. The smallest absolute Gasteiger partial charge is 0.295 e. The van der Waals surface area contributed by atoms with Gasteiger partial charge in [0.15, 0.2) is 0 Å². The summed E-state index contributed by atoms with van der Waals surface area (Å²) in [4.78, 5) is 107. The third-order valence-corrected chi connectivity index (χ3v) is 9.99. The first-order valence-corrected chi connectivity index (χ1v) is 19.8. The lowest BCUT2D eigenvalue weighted by molar-refractivity contribution is 0.0666. The minimum absolute atomic E-state index is 0.00446. The highest BCUT2D eigenvalue weighted by Gasteiger charge is 2.24. The number of carbonyl (C=O) groups is 4. The van der Waals surface area contributed by atoms with Crippen molar-refractivity contribution >= 4 is 29.3 Å². The van der Waals surface area contributed by atoms with Gasteiger partial charge in [-0.2, -0.15) is 9.46 Å². The van der Waals surface area contributed by atoms with E-state index in [0.717, 1.165) is 30.1 Å². The summed E-state index contributed by atoms with van der Waals surface area (Å²) in [5.41, 5.74) is 2.45. The minimum Gasteiger partial charge on any atom is -0.425 e. The van der Waals surface area contributed by atoms with Crippen molar-refractivity contribution in [3.05, 3.63) is 167 Å².